The third-order valence-corrected chi connectivity index (χ3v) is 6.63. The van der Waals surface area contributed by atoms with E-state index in [1.807, 2.05) is 18.2 Å². The monoisotopic (exact) mass is 509 g/mol. The number of carbonyl (C=O) groups is 3. The summed E-state index contributed by atoms with van der Waals surface area (Å²) in [4.78, 5) is 41.4. The molecule has 0 spiro atoms. The van der Waals surface area contributed by atoms with E-state index >= 15 is 0 Å². The highest BCUT2D eigenvalue weighted by atomic mass is 35.5. The Morgan fingerprint density at radius 1 is 0.914 bits per heavy atom. The van der Waals surface area contributed by atoms with E-state index in [2.05, 4.69) is 11.4 Å². The third-order valence-electron chi connectivity index (χ3n) is 5.99. The van der Waals surface area contributed by atoms with Crippen LogP contribution in [-0.2, 0) is 22.6 Å². The zero-order chi connectivity index (χ0) is 24.7. The molecule has 0 unspecified atom stereocenters. The van der Waals surface area contributed by atoms with Crippen LogP contribution >= 0.6 is 23.2 Å². The van der Waals surface area contributed by atoms with Gasteiger partial charge >= 0.3 is 0 Å². The summed E-state index contributed by atoms with van der Waals surface area (Å²) in [7, 11) is 0. The fourth-order valence-electron chi connectivity index (χ4n) is 4.20. The minimum absolute atomic E-state index is 0.0932. The van der Waals surface area contributed by atoms with Gasteiger partial charge in [-0.05, 0) is 53.9 Å². The molecule has 2 heterocycles. The molecule has 0 saturated carbocycles. The van der Waals surface area contributed by atoms with Crippen LogP contribution in [0.4, 0.5) is 15.8 Å². The van der Waals surface area contributed by atoms with E-state index in [-0.39, 0.29) is 27.3 Å². The van der Waals surface area contributed by atoms with Crippen molar-refractivity contribution in [2.45, 2.75) is 13.0 Å². The van der Waals surface area contributed by atoms with Gasteiger partial charge in [-0.25, -0.2) is 9.29 Å². The Balaban J connectivity index is 1.35. The number of imide groups is 1. The number of hydrogen-bond donors (Lipinski definition) is 1. The molecule has 6 nitrogen and oxygen atoms in total. The van der Waals surface area contributed by atoms with Crippen molar-refractivity contribution in [3.63, 3.8) is 0 Å². The van der Waals surface area contributed by atoms with Crippen LogP contribution in [-0.4, -0.2) is 29.2 Å². The Hall–Kier alpha value is -3.68. The molecule has 5 rings (SSSR count). The van der Waals surface area contributed by atoms with Gasteiger partial charge in [0.15, 0.2) is 0 Å². The molecule has 2 aliphatic rings. The lowest BCUT2D eigenvalue weighted by molar-refractivity contribution is -0.120. The highest BCUT2D eigenvalue weighted by Gasteiger charge is 2.39. The number of halogens is 3. The molecular formula is C26H18Cl2FN3O3. The van der Waals surface area contributed by atoms with Gasteiger partial charge in [-0.1, -0.05) is 53.5 Å². The average molecular weight is 510 g/mol. The fraction of sp³-hybridized carbons (Fsp3) is 0.115. The number of nitrogens with zero attached hydrogens (tertiary/aromatic N) is 2. The highest BCUT2D eigenvalue weighted by Crippen LogP contribution is 2.32. The summed E-state index contributed by atoms with van der Waals surface area (Å²) < 4.78 is 13.5. The standard InChI is InChI=1S/C26H18Cl2FN3O3/c27-20-13-19(8-9-21(20)29)32-25(34)22(28)23(26(32)35)30-18-7-3-6-16(12-18)24(33)31-11-10-15-4-1-2-5-17(15)14-31/h1-9,12-13,30H,10-11,14H2. The summed E-state index contributed by atoms with van der Waals surface area (Å²) in [5.74, 6) is -2.29. The van der Waals surface area contributed by atoms with E-state index in [1.54, 1.807) is 29.2 Å². The maximum Gasteiger partial charge on any atom is 0.283 e. The molecule has 35 heavy (non-hydrogen) atoms. The van der Waals surface area contributed by atoms with Crippen molar-refractivity contribution in [2.24, 2.45) is 0 Å². The molecular weight excluding hydrogens is 492 g/mol. The first-order valence-electron chi connectivity index (χ1n) is 10.8. The minimum Gasteiger partial charge on any atom is -0.350 e. The van der Waals surface area contributed by atoms with Crippen LogP contribution < -0.4 is 10.2 Å². The van der Waals surface area contributed by atoms with Gasteiger partial charge < -0.3 is 10.2 Å². The average Bonchev–Trinajstić information content (AvgIpc) is 3.08. The van der Waals surface area contributed by atoms with Crippen LogP contribution in [0.15, 0.2) is 77.5 Å². The van der Waals surface area contributed by atoms with Gasteiger partial charge in [-0.15, -0.1) is 0 Å². The molecule has 3 amide bonds. The molecule has 0 aliphatic carbocycles. The summed E-state index contributed by atoms with van der Waals surface area (Å²) in [5.41, 5.74) is 3.16. The molecule has 0 bridgehead atoms. The predicted octanol–water partition coefficient (Wildman–Crippen LogP) is 5.11. The van der Waals surface area contributed by atoms with Gasteiger partial charge in [0.25, 0.3) is 17.7 Å². The number of benzene rings is 3. The predicted molar refractivity (Wildman–Crippen MR) is 132 cm³/mol. The molecule has 3 aromatic rings. The summed E-state index contributed by atoms with van der Waals surface area (Å²) in [6, 6.07) is 18.2. The maximum absolute atomic E-state index is 13.5. The molecule has 0 atom stereocenters. The van der Waals surface area contributed by atoms with Crippen molar-refractivity contribution in [3.05, 3.63) is 105 Å². The Bertz CT molecular complexity index is 1420. The van der Waals surface area contributed by atoms with E-state index in [1.165, 1.54) is 17.7 Å². The minimum atomic E-state index is -0.763. The van der Waals surface area contributed by atoms with Crippen LogP contribution in [0.3, 0.4) is 0 Å². The molecule has 1 N–H and O–H groups in total. The Morgan fingerprint density at radius 2 is 1.69 bits per heavy atom. The van der Waals surface area contributed by atoms with Crippen LogP contribution in [0, 0.1) is 5.82 Å². The molecule has 0 radical (unpaired) electrons. The number of anilines is 2. The van der Waals surface area contributed by atoms with Crippen molar-refractivity contribution >= 4 is 52.3 Å². The summed E-state index contributed by atoms with van der Waals surface area (Å²) in [6.45, 7) is 1.12. The maximum atomic E-state index is 13.5. The van der Waals surface area contributed by atoms with E-state index < -0.39 is 17.6 Å². The van der Waals surface area contributed by atoms with Gasteiger partial charge in [0.1, 0.15) is 16.5 Å². The number of nitrogens with one attached hydrogen (secondary N) is 1. The first-order chi connectivity index (χ1) is 16.8. The molecule has 0 aromatic heterocycles. The Kier molecular flexibility index (Phi) is 6.05. The van der Waals surface area contributed by atoms with E-state index in [9.17, 15) is 18.8 Å². The second-order valence-corrected chi connectivity index (χ2v) is 8.97. The van der Waals surface area contributed by atoms with Crippen LogP contribution in [0.25, 0.3) is 0 Å². The molecule has 0 fully saturated rings. The Morgan fingerprint density at radius 3 is 2.46 bits per heavy atom. The zero-order valence-electron chi connectivity index (χ0n) is 18.2. The van der Waals surface area contributed by atoms with Crippen molar-refractivity contribution < 1.29 is 18.8 Å². The smallest absolute Gasteiger partial charge is 0.283 e. The van der Waals surface area contributed by atoms with Gasteiger partial charge in [0.05, 0.1) is 10.7 Å². The largest absolute Gasteiger partial charge is 0.350 e. The molecule has 9 heteroatoms. The first-order valence-corrected chi connectivity index (χ1v) is 11.6. The first kappa shape index (κ1) is 23.1. The number of amides is 3. The lowest BCUT2D eigenvalue weighted by atomic mass is 9.99. The molecule has 176 valence electrons. The van der Waals surface area contributed by atoms with Gasteiger partial charge in [-0.3, -0.25) is 14.4 Å². The summed E-state index contributed by atoms with van der Waals surface area (Å²) in [5, 5.41) is 2.32. The van der Waals surface area contributed by atoms with E-state index in [0.29, 0.717) is 24.3 Å². The van der Waals surface area contributed by atoms with E-state index in [4.69, 9.17) is 23.2 Å². The third kappa shape index (κ3) is 4.29. The van der Waals surface area contributed by atoms with Crippen LogP contribution in [0.5, 0.6) is 0 Å². The zero-order valence-corrected chi connectivity index (χ0v) is 19.7. The number of rotatable bonds is 4. The van der Waals surface area contributed by atoms with Gasteiger partial charge in [-0.2, -0.15) is 0 Å². The number of hydrogen-bond acceptors (Lipinski definition) is 4. The molecule has 3 aromatic carbocycles. The Labute approximate surface area is 210 Å². The topological polar surface area (TPSA) is 69.7 Å². The lowest BCUT2D eigenvalue weighted by Gasteiger charge is -2.29. The normalized spacial score (nSPS) is 15.5. The SMILES string of the molecule is O=C(c1cccc(NC2=C(Cl)C(=O)N(c3ccc(F)c(Cl)c3)C2=O)c1)N1CCc2ccccc2C1. The van der Waals surface area contributed by atoms with Gasteiger partial charge in [0, 0.05) is 24.3 Å². The van der Waals surface area contributed by atoms with Crippen molar-refractivity contribution in [1.82, 2.24) is 4.90 Å². The number of fused-ring (bicyclic) bond motifs is 1. The van der Waals surface area contributed by atoms with Crippen molar-refractivity contribution in [1.29, 1.82) is 0 Å². The number of carbonyl (C=O) groups excluding carboxylic acids is 3. The van der Waals surface area contributed by atoms with Crippen molar-refractivity contribution in [2.75, 3.05) is 16.8 Å². The van der Waals surface area contributed by atoms with Gasteiger partial charge in [0.2, 0.25) is 0 Å². The lowest BCUT2D eigenvalue weighted by Crippen LogP contribution is -2.36. The summed E-state index contributed by atoms with van der Waals surface area (Å²) >= 11 is 12.0. The quantitative estimate of drug-likeness (QED) is 0.496. The second kappa shape index (κ2) is 9.17. The van der Waals surface area contributed by atoms with Crippen molar-refractivity contribution in [3.8, 4) is 0 Å². The summed E-state index contributed by atoms with van der Waals surface area (Å²) in [6.07, 6.45) is 0.780. The highest BCUT2D eigenvalue weighted by molar-refractivity contribution is 6.53. The van der Waals surface area contributed by atoms with Crippen LogP contribution in [0.2, 0.25) is 5.02 Å². The molecule has 0 saturated heterocycles. The van der Waals surface area contributed by atoms with E-state index in [0.717, 1.165) is 23.0 Å². The second-order valence-electron chi connectivity index (χ2n) is 8.18. The molecule has 2 aliphatic heterocycles. The fourth-order valence-corrected chi connectivity index (χ4v) is 4.58. The van der Waals surface area contributed by atoms with Crippen LogP contribution in [0.1, 0.15) is 21.5 Å².